The number of nitrogens with one attached hydrogen (secondary N) is 1. The molecule has 1 aliphatic rings. The predicted octanol–water partition coefficient (Wildman–Crippen LogP) is 1.30. The highest BCUT2D eigenvalue weighted by Crippen LogP contribution is 2.29. The Morgan fingerprint density at radius 1 is 1.57 bits per heavy atom. The molecule has 1 heterocycles. The lowest BCUT2D eigenvalue weighted by Crippen LogP contribution is -2.14. The molecule has 2 rings (SSSR count). The summed E-state index contributed by atoms with van der Waals surface area (Å²) in [7, 11) is 0. The zero-order valence-corrected chi connectivity index (χ0v) is 7.53. The summed E-state index contributed by atoms with van der Waals surface area (Å²) in [5.41, 5.74) is 0.495. The fraction of sp³-hybridized carbons (Fsp3) is 0.300. The van der Waals surface area contributed by atoms with Gasteiger partial charge in [0.15, 0.2) is 0 Å². The van der Waals surface area contributed by atoms with Gasteiger partial charge < -0.3 is 5.32 Å². The van der Waals surface area contributed by atoms with Crippen LogP contribution in [0.5, 0.6) is 0 Å². The lowest BCUT2D eigenvalue weighted by Gasteiger charge is -2.01. The van der Waals surface area contributed by atoms with E-state index in [9.17, 15) is 4.79 Å². The summed E-state index contributed by atoms with van der Waals surface area (Å²) in [5.74, 6) is 0.718. The summed E-state index contributed by atoms with van der Waals surface area (Å²) >= 11 is 0. The van der Waals surface area contributed by atoms with Crippen LogP contribution in [0.15, 0.2) is 18.3 Å². The zero-order chi connectivity index (χ0) is 9.97. The normalized spacial score (nSPS) is 14.5. The molecule has 4 nitrogen and oxygen atoms in total. The topological polar surface area (TPSA) is 65.8 Å². The van der Waals surface area contributed by atoms with Crippen LogP contribution in [0, 0.1) is 17.2 Å². The van der Waals surface area contributed by atoms with Crippen molar-refractivity contribution in [3.05, 3.63) is 23.9 Å². The number of hydrogen-bond acceptors (Lipinski definition) is 3. The minimum atomic E-state index is 0.0298. The van der Waals surface area contributed by atoms with E-state index in [0.717, 1.165) is 12.8 Å². The Bertz CT molecular complexity index is 387. The molecule has 0 bridgehead atoms. The maximum Gasteiger partial charge on any atom is 0.228 e. The molecule has 0 spiro atoms. The van der Waals surface area contributed by atoms with E-state index >= 15 is 0 Å². The van der Waals surface area contributed by atoms with Gasteiger partial charge in [-0.25, -0.2) is 4.98 Å². The third-order valence-corrected chi connectivity index (χ3v) is 2.09. The molecule has 0 unspecified atom stereocenters. The Balaban J connectivity index is 2.02. The van der Waals surface area contributed by atoms with Gasteiger partial charge >= 0.3 is 0 Å². The summed E-state index contributed by atoms with van der Waals surface area (Å²) in [6, 6.07) is 5.24. The van der Waals surface area contributed by atoms with Crippen molar-refractivity contribution in [3.8, 4) is 6.07 Å². The van der Waals surface area contributed by atoms with Crippen molar-refractivity contribution in [2.75, 3.05) is 5.32 Å². The lowest BCUT2D eigenvalue weighted by atomic mass is 10.3. The van der Waals surface area contributed by atoms with Crippen LogP contribution in [-0.2, 0) is 4.79 Å². The summed E-state index contributed by atoms with van der Waals surface area (Å²) in [4.78, 5) is 15.3. The second-order valence-electron chi connectivity index (χ2n) is 3.31. The number of aromatic nitrogens is 1. The number of carbonyl (C=O) groups is 1. The average Bonchev–Trinajstić information content (AvgIpc) is 3.02. The first-order chi connectivity index (χ1) is 6.79. The molecule has 0 radical (unpaired) electrons. The molecule has 1 aromatic heterocycles. The van der Waals surface area contributed by atoms with Crippen molar-refractivity contribution in [1.29, 1.82) is 5.26 Å². The molecular weight excluding hydrogens is 178 g/mol. The summed E-state index contributed by atoms with van der Waals surface area (Å²) in [5, 5.41) is 11.2. The third kappa shape index (κ3) is 1.88. The molecular formula is C10H9N3O. The maximum absolute atomic E-state index is 11.3. The molecule has 1 fully saturated rings. The number of hydrogen-bond donors (Lipinski definition) is 1. The Hall–Kier alpha value is -1.89. The van der Waals surface area contributed by atoms with E-state index in [0.29, 0.717) is 11.4 Å². The van der Waals surface area contributed by atoms with Crippen molar-refractivity contribution in [1.82, 2.24) is 4.98 Å². The Kier molecular flexibility index (Phi) is 2.15. The standard InChI is InChI=1S/C10H9N3O/c11-5-7-1-4-9(12-6-7)13-10(14)8-2-3-8/h1,4,6,8H,2-3H2,(H,12,13,14). The molecule has 1 N–H and O–H groups in total. The van der Waals surface area contributed by atoms with Gasteiger partial charge in [0.2, 0.25) is 5.91 Å². The highest BCUT2D eigenvalue weighted by Gasteiger charge is 2.29. The highest BCUT2D eigenvalue weighted by atomic mass is 16.2. The van der Waals surface area contributed by atoms with Crippen LogP contribution < -0.4 is 5.32 Å². The molecule has 0 aromatic carbocycles. The molecule has 4 heteroatoms. The largest absolute Gasteiger partial charge is 0.310 e. The maximum atomic E-state index is 11.3. The van der Waals surface area contributed by atoms with Crippen molar-refractivity contribution in [3.63, 3.8) is 0 Å². The van der Waals surface area contributed by atoms with Crippen LogP contribution in [0.3, 0.4) is 0 Å². The number of anilines is 1. The van der Waals surface area contributed by atoms with Crippen molar-refractivity contribution in [2.24, 2.45) is 5.92 Å². The molecule has 1 amide bonds. The molecule has 0 aliphatic heterocycles. The van der Waals surface area contributed by atoms with Gasteiger partial charge in [-0.15, -0.1) is 0 Å². The van der Waals surface area contributed by atoms with Gasteiger partial charge in [0.1, 0.15) is 11.9 Å². The fourth-order valence-electron chi connectivity index (χ4n) is 1.11. The number of pyridine rings is 1. The minimum Gasteiger partial charge on any atom is -0.310 e. The van der Waals surface area contributed by atoms with E-state index in [1.54, 1.807) is 12.1 Å². The average molecular weight is 187 g/mol. The molecule has 1 saturated carbocycles. The van der Waals surface area contributed by atoms with E-state index in [4.69, 9.17) is 5.26 Å². The number of rotatable bonds is 2. The van der Waals surface area contributed by atoms with Crippen LogP contribution in [-0.4, -0.2) is 10.9 Å². The molecule has 1 aliphatic carbocycles. The Morgan fingerprint density at radius 2 is 2.36 bits per heavy atom. The molecule has 14 heavy (non-hydrogen) atoms. The van der Waals surface area contributed by atoms with E-state index < -0.39 is 0 Å². The van der Waals surface area contributed by atoms with Crippen molar-refractivity contribution in [2.45, 2.75) is 12.8 Å². The first kappa shape index (κ1) is 8.70. The number of carbonyl (C=O) groups excluding carboxylic acids is 1. The molecule has 70 valence electrons. The summed E-state index contributed by atoms with van der Waals surface area (Å²) < 4.78 is 0. The summed E-state index contributed by atoms with van der Waals surface area (Å²) in [6.45, 7) is 0. The second kappa shape index (κ2) is 3.46. The Labute approximate surface area is 81.6 Å². The predicted molar refractivity (Wildman–Crippen MR) is 50.3 cm³/mol. The zero-order valence-electron chi connectivity index (χ0n) is 7.53. The van der Waals surface area contributed by atoms with Gasteiger partial charge in [0, 0.05) is 12.1 Å². The van der Waals surface area contributed by atoms with Crippen LogP contribution >= 0.6 is 0 Å². The van der Waals surface area contributed by atoms with E-state index in [1.807, 2.05) is 6.07 Å². The van der Waals surface area contributed by atoms with Crippen LogP contribution in [0.4, 0.5) is 5.82 Å². The van der Waals surface area contributed by atoms with Crippen molar-refractivity contribution < 1.29 is 4.79 Å². The van der Waals surface area contributed by atoms with Crippen LogP contribution in [0.2, 0.25) is 0 Å². The van der Waals surface area contributed by atoms with Gasteiger partial charge in [-0.3, -0.25) is 4.79 Å². The smallest absolute Gasteiger partial charge is 0.228 e. The number of nitrogens with zero attached hydrogens (tertiary/aromatic N) is 2. The van der Waals surface area contributed by atoms with Gasteiger partial charge in [-0.2, -0.15) is 5.26 Å². The van der Waals surface area contributed by atoms with E-state index in [1.165, 1.54) is 6.20 Å². The summed E-state index contributed by atoms with van der Waals surface area (Å²) in [6.07, 6.45) is 3.40. The number of nitriles is 1. The van der Waals surface area contributed by atoms with Crippen LogP contribution in [0.25, 0.3) is 0 Å². The van der Waals surface area contributed by atoms with Gasteiger partial charge in [-0.05, 0) is 25.0 Å². The SMILES string of the molecule is N#Cc1ccc(NC(=O)C2CC2)nc1. The van der Waals surface area contributed by atoms with Gasteiger partial charge in [-0.1, -0.05) is 0 Å². The van der Waals surface area contributed by atoms with E-state index in [2.05, 4.69) is 10.3 Å². The molecule has 1 aromatic rings. The monoisotopic (exact) mass is 187 g/mol. The third-order valence-electron chi connectivity index (χ3n) is 2.09. The highest BCUT2D eigenvalue weighted by molar-refractivity contribution is 5.93. The lowest BCUT2D eigenvalue weighted by molar-refractivity contribution is -0.117. The Morgan fingerprint density at radius 3 is 2.86 bits per heavy atom. The minimum absolute atomic E-state index is 0.0298. The second-order valence-corrected chi connectivity index (χ2v) is 3.31. The van der Waals surface area contributed by atoms with Gasteiger partial charge in [0.25, 0.3) is 0 Å². The molecule has 0 atom stereocenters. The first-order valence-electron chi connectivity index (χ1n) is 4.46. The first-order valence-corrected chi connectivity index (χ1v) is 4.46. The van der Waals surface area contributed by atoms with Gasteiger partial charge in [0.05, 0.1) is 5.56 Å². The van der Waals surface area contributed by atoms with E-state index in [-0.39, 0.29) is 11.8 Å². The fourth-order valence-corrected chi connectivity index (χ4v) is 1.11. The number of amides is 1. The molecule has 0 saturated heterocycles. The quantitative estimate of drug-likeness (QED) is 0.758. The van der Waals surface area contributed by atoms with Crippen LogP contribution in [0.1, 0.15) is 18.4 Å². The van der Waals surface area contributed by atoms with Crippen molar-refractivity contribution >= 4 is 11.7 Å².